The highest BCUT2D eigenvalue weighted by atomic mass is 16.5. The summed E-state index contributed by atoms with van der Waals surface area (Å²) in [7, 11) is 1.93. The molecule has 0 amide bonds. The molecule has 0 aliphatic heterocycles. The van der Waals surface area contributed by atoms with E-state index in [0.29, 0.717) is 5.92 Å². The van der Waals surface area contributed by atoms with Gasteiger partial charge in [0.05, 0.1) is 6.20 Å². The maximum Gasteiger partial charge on any atom is 0.138 e. The van der Waals surface area contributed by atoms with Crippen molar-refractivity contribution in [3.05, 3.63) is 24.5 Å². The van der Waals surface area contributed by atoms with E-state index in [1.807, 2.05) is 19.2 Å². The number of hydrogen-bond donors (Lipinski definition) is 1. The third-order valence-corrected chi connectivity index (χ3v) is 2.07. The molecule has 1 aromatic heterocycles. The van der Waals surface area contributed by atoms with Crippen LogP contribution in [0.15, 0.2) is 24.5 Å². The minimum atomic E-state index is 0.198. The number of aromatic nitrogens is 1. The van der Waals surface area contributed by atoms with Crippen LogP contribution in [0.25, 0.3) is 0 Å². The van der Waals surface area contributed by atoms with Gasteiger partial charge in [0, 0.05) is 12.7 Å². The van der Waals surface area contributed by atoms with Gasteiger partial charge in [-0.1, -0.05) is 13.8 Å². The quantitative estimate of drug-likeness (QED) is 0.774. The molecule has 1 aromatic rings. The molecule has 0 saturated heterocycles. The zero-order chi connectivity index (χ0) is 10.4. The number of likely N-dealkylation sites (N-methyl/N-ethyl adjacent to an activating group) is 1. The Morgan fingerprint density at radius 1 is 1.50 bits per heavy atom. The smallest absolute Gasteiger partial charge is 0.138 e. The molecule has 3 nitrogen and oxygen atoms in total. The normalized spacial score (nSPS) is 12.9. The van der Waals surface area contributed by atoms with Gasteiger partial charge in [-0.05, 0) is 25.1 Å². The summed E-state index contributed by atoms with van der Waals surface area (Å²) in [6.07, 6.45) is 3.68. The molecule has 1 heterocycles. The van der Waals surface area contributed by atoms with Crippen molar-refractivity contribution in [3.63, 3.8) is 0 Å². The average molecular weight is 194 g/mol. The van der Waals surface area contributed by atoms with Crippen molar-refractivity contribution < 1.29 is 4.74 Å². The Morgan fingerprint density at radius 2 is 2.29 bits per heavy atom. The molecule has 0 aliphatic rings. The molecular formula is C11H18N2O. The van der Waals surface area contributed by atoms with Gasteiger partial charge >= 0.3 is 0 Å². The van der Waals surface area contributed by atoms with Crippen LogP contribution >= 0.6 is 0 Å². The molecule has 0 bridgehead atoms. The monoisotopic (exact) mass is 194 g/mol. The summed E-state index contributed by atoms with van der Waals surface area (Å²) in [6.45, 7) is 5.16. The summed E-state index contributed by atoms with van der Waals surface area (Å²) < 4.78 is 5.79. The SMILES string of the molecule is CNCC(Oc1cccnc1)C(C)C. The highest BCUT2D eigenvalue weighted by Crippen LogP contribution is 2.13. The van der Waals surface area contributed by atoms with E-state index in [0.717, 1.165) is 12.3 Å². The van der Waals surface area contributed by atoms with Crippen LogP contribution in [0.3, 0.4) is 0 Å². The first-order chi connectivity index (χ1) is 6.74. The van der Waals surface area contributed by atoms with Gasteiger partial charge in [-0.15, -0.1) is 0 Å². The lowest BCUT2D eigenvalue weighted by atomic mass is 10.1. The van der Waals surface area contributed by atoms with Gasteiger partial charge in [0.25, 0.3) is 0 Å². The second kappa shape index (κ2) is 5.60. The highest BCUT2D eigenvalue weighted by molar-refractivity contribution is 5.15. The summed E-state index contributed by atoms with van der Waals surface area (Å²) in [5.41, 5.74) is 0. The Morgan fingerprint density at radius 3 is 2.79 bits per heavy atom. The summed E-state index contributed by atoms with van der Waals surface area (Å²) in [4.78, 5) is 4.01. The zero-order valence-corrected chi connectivity index (χ0v) is 9.03. The van der Waals surface area contributed by atoms with Crippen LogP contribution in [0.2, 0.25) is 0 Å². The van der Waals surface area contributed by atoms with E-state index in [2.05, 4.69) is 24.1 Å². The lowest BCUT2D eigenvalue weighted by molar-refractivity contribution is 0.151. The van der Waals surface area contributed by atoms with Crippen LogP contribution in [0.1, 0.15) is 13.8 Å². The lowest BCUT2D eigenvalue weighted by Crippen LogP contribution is -2.33. The number of hydrogen-bond acceptors (Lipinski definition) is 3. The molecule has 3 heteroatoms. The minimum Gasteiger partial charge on any atom is -0.487 e. The average Bonchev–Trinajstić information content (AvgIpc) is 2.18. The van der Waals surface area contributed by atoms with E-state index in [1.54, 1.807) is 12.4 Å². The molecule has 0 aromatic carbocycles. The molecule has 0 spiro atoms. The van der Waals surface area contributed by atoms with E-state index in [1.165, 1.54) is 0 Å². The van der Waals surface area contributed by atoms with Gasteiger partial charge in [-0.2, -0.15) is 0 Å². The standard InChI is InChI=1S/C11H18N2O/c1-9(2)11(8-12-3)14-10-5-4-6-13-7-10/h4-7,9,11-12H,8H2,1-3H3. The van der Waals surface area contributed by atoms with E-state index in [4.69, 9.17) is 4.74 Å². The molecule has 1 rings (SSSR count). The van der Waals surface area contributed by atoms with Crippen molar-refractivity contribution in [1.82, 2.24) is 10.3 Å². The van der Waals surface area contributed by atoms with Crippen molar-refractivity contribution in [2.24, 2.45) is 5.92 Å². The fourth-order valence-electron chi connectivity index (χ4n) is 1.21. The third kappa shape index (κ3) is 3.34. The summed E-state index contributed by atoms with van der Waals surface area (Å²) >= 11 is 0. The Hall–Kier alpha value is -1.09. The Balaban J connectivity index is 2.55. The number of ether oxygens (including phenoxy) is 1. The van der Waals surface area contributed by atoms with Crippen molar-refractivity contribution in [1.29, 1.82) is 0 Å². The number of pyridine rings is 1. The fraction of sp³-hybridized carbons (Fsp3) is 0.545. The van der Waals surface area contributed by atoms with Crippen molar-refractivity contribution in [3.8, 4) is 5.75 Å². The number of rotatable bonds is 5. The van der Waals surface area contributed by atoms with E-state index in [9.17, 15) is 0 Å². The molecule has 0 aliphatic carbocycles. The van der Waals surface area contributed by atoms with Gasteiger partial charge in [0.2, 0.25) is 0 Å². The molecule has 0 saturated carbocycles. The molecule has 1 unspecified atom stereocenters. The predicted molar refractivity (Wildman–Crippen MR) is 57.4 cm³/mol. The number of nitrogens with one attached hydrogen (secondary N) is 1. The first-order valence-corrected chi connectivity index (χ1v) is 4.95. The highest BCUT2D eigenvalue weighted by Gasteiger charge is 2.13. The topological polar surface area (TPSA) is 34.1 Å². The van der Waals surface area contributed by atoms with E-state index >= 15 is 0 Å². The molecule has 0 fully saturated rings. The van der Waals surface area contributed by atoms with Crippen molar-refractivity contribution in [2.75, 3.05) is 13.6 Å². The van der Waals surface area contributed by atoms with Crippen LogP contribution in [-0.4, -0.2) is 24.7 Å². The van der Waals surface area contributed by atoms with E-state index in [-0.39, 0.29) is 6.10 Å². The van der Waals surface area contributed by atoms with Gasteiger partial charge < -0.3 is 10.1 Å². The maximum atomic E-state index is 5.79. The van der Waals surface area contributed by atoms with Gasteiger partial charge in [-0.25, -0.2) is 0 Å². The molecule has 1 N–H and O–H groups in total. The van der Waals surface area contributed by atoms with Crippen LogP contribution in [0.4, 0.5) is 0 Å². The van der Waals surface area contributed by atoms with Gasteiger partial charge in [0.15, 0.2) is 0 Å². The van der Waals surface area contributed by atoms with Crippen LogP contribution in [0, 0.1) is 5.92 Å². The van der Waals surface area contributed by atoms with Gasteiger partial charge in [-0.3, -0.25) is 4.98 Å². The van der Waals surface area contributed by atoms with Crippen molar-refractivity contribution in [2.45, 2.75) is 20.0 Å². The van der Waals surface area contributed by atoms with E-state index < -0.39 is 0 Å². The minimum absolute atomic E-state index is 0.198. The Labute approximate surface area is 85.5 Å². The maximum absolute atomic E-state index is 5.79. The molecule has 1 atom stereocenters. The Kier molecular flexibility index (Phi) is 4.40. The van der Waals surface area contributed by atoms with Gasteiger partial charge in [0.1, 0.15) is 11.9 Å². The lowest BCUT2D eigenvalue weighted by Gasteiger charge is -2.21. The van der Waals surface area contributed by atoms with Crippen molar-refractivity contribution >= 4 is 0 Å². The van der Waals surface area contributed by atoms with Crippen LogP contribution in [0.5, 0.6) is 5.75 Å². The zero-order valence-electron chi connectivity index (χ0n) is 9.03. The van der Waals surface area contributed by atoms with Crippen LogP contribution in [-0.2, 0) is 0 Å². The summed E-state index contributed by atoms with van der Waals surface area (Å²) in [6, 6.07) is 3.81. The largest absolute Gasteiger partial charge is 0.487 e. The first kappa shape index (κ1) is 11.0. The predicted octanol–water partition coefficient (Wildman–Crippen LogP) is 1.70. The molecule has 0 radical (unpaired) electrons. The second-order valence-corrected chi connectivity index (χ2v) is 3.65. The summed E-state index contributed by atoms with van der Waals surface area (Å²) in [5.74, 6) is 1.32. The molecule has 78 valence electrons. The third-order valence-electron chi connectivity index (χ3n) is 2.07. The Bertz CT molecular complexity index is 249. The first-order valence-electron chi connectivity index (χ1n) is 4.95. The molecular weight excluding hydrogens is 176 g/mol. The molecule has 14 heavy (non-hydrogen) atoms. The number of nitrogens with zero attached hydrogens (tertiary/aromatic N) is 1. The van der Waals surface area contributed by atoms with Crippen LogP contribution < -0.4 is 10.1 Å². The fourth-order valence-corrected chi connectivity index (χ4v) is 1.21. The second-order valence-electron chi connectivity index (χ2n) is 3.65. The summed E-state index contributed by atoms with van der Waals surface area (Å²) in [5, 5.41) is 3.12.